The zero-order chi connectivity index (χ0) is 12.6. The lowest BCUT2D eigenvalue weighted by molar-refractivity contribution is 0.0968. The van der Waals surface area contributed by atoms with Crippen molar-refractivity contribution in [3.63, 3.8) is 0 Å². The lowest BCUT2D eigenvalue weighted by atomic mass is 9.80. The lowest BCUT2D eigenvalue weighted by Crippen LogP contribution is -2.25. The van der Waals surface area contributed by atoms with E-state index >= 15 is 0 Å². The topological polar surface area (TPSA) is 34.1 Å². The van der Waals surface area contributed by atoms with Crippen LogP contribution >= 0.6 is 15.9 Å². The predicted molar refractivity (Wildman–Crippen MR) is 70.8 cm³/mol. The summed E-state index contributed by atoms with van der Waals surface area (Å²) in [7, 11) is 0. The van der Waals surface area contributed by atoms with Gasteiger partial charge in [-0.15, -0.1) is 0 Å². The van der Waals surface area contributed by atoms with Gasteiger partial charge in [-0.25, -0.2) is 0 Å². The molecular weight excluding hydrogens is 280 g/mol. The van der Waals surface area contributed by atoms with E-state index in [1.54, 1.807) is 24.3 Å². The zero-order valence-electron chi connectivity index (χ0n) is 9.79. The molecule has 1 aromatic rings. The van der Waals surface area contributed by atoms with E-state index in [1.807, 2.05) is 13.8 Å². The van der Waals surface area contributed by atoms with Crippen molar-refractivity contribution in [2.75, 3.05) is 5.33 Å². The fourth-order valence-corrected chi connectivity index (χ4v) is 2.75. The fraction of sp³-hybridized carbons (Fsp3) is 0.286. The van der Waals surface area contributed by atoms with Crippen molar-refractivity contribution in [2.45, 2.75) is 13.8 Å². The largest absolute Gasteiger partial charge is 0.289 e. The molecule has 0 fully saturated rings. The monoisotopic (exact) mass is 292 g/mol. The molecule has 0 N–H and O–H groups in total. The number of ketones is 2. The van der Waals surface area contributed by atoms with Crippen molar-refractivity contribution >= 4 is 27.5 Å². The highest BCUT2D eigenvalue weighted by molar-refractivity contribution is 9.09. The molecule has 0 saturated heterocycles. The Morgan fingerprint density at radius 3 is 2.06 bits per heavy atom. The first-order chi connectivity index (χ1) is 8.07. The first-order valence-electron chi connectivity index (χ1n) is 5.55. The molecule has 1 aromatic carbocycles. The van der Waals surface area contributed by atoms with Gasteiger partial charge in [0.15, 0.2) is 11.6 Å². The minimum Gasteiger partial charge on any atom is -0.289 e. The molecule has 0 heterocycles. The van der Waals surface area contributed by atoms with E-state index in [0.717, 1.165) is 0 Å². The first kappa shape index (κ1) is 12.2. The number of alkyl halides is 1. The van der Waals surface area contributed by atoms with E-state index in [2.05, 4.69) is 15.9 Å². The number of hydrogen-bond acceptors (Lipinski definition) is 2. The molecule has 0 aliphatic heterocycles. The molecule has 0 radical (unpaired) electrons. The number of carbonyl (C=O) groups is 2. The predicted octanol–water partition coefficient (Wildman–Crippen LogP) is 3.41. The summed E-state index contributed by atoms with van der Waals surface area (Å²) in [5, 5.41) is 0.430. The fourth-order valence-electron chi connectivity index (χ4n) is 2.19. The summed E-state index contributed by atoms with van der Waals surface area (Å²) in [4.78, 5) is 24.6. The summed E-state index contributed by atoms with van der Waals surface area (Å²) >= 11 is 3.31. The molecule has 0 saturated carbocycles. The third-order valence-corrected chi connectivity index (χ3v) is 3.53. The van der Waals surface area contributed by atoms with E-state index < -0.39 is 0 Å². The smallest absolute Gasteiger partial charge is 0.191 e. The van der Waals surface area contributed by atoms with Crippen molar-refractivity contribution < 1.29 is 9.59 Å². The summed E-state index contributed by atoms with van der Waals surface area (Å²) in [5.41, 5.74) is 2.30. The van der Waals surface area contributed by atoms with Gasteiger partial charge in [-0.2, -0.15) is 0 Å². The summed E-state index contributed by atoms with van der Waals surface area (Å²) < 4.78 is 0. The van der Waals surface area contributed by atoms with Crippen LogP contribution < -0.4 is 0 Å². The highest BCUT2D eigenvalue weighted by Crippen LogP contribution is 2.31. The van der Waals surface area contributed by atoms with E-state index in [-0.39, 0.29) is 17.5 Å². The highest BCUT2D eigenvalue weighted by atomic mass is 79.9. The molecule has 0 aromatic heterocycles. The van der Waals surface area contributed by atoms with Crippen LogP contribution in [0.4, 0.5) is 0 Å². The molecule has 2 nitrogen and oxygen atoms in total. The van der Waals surface area contributed by atoms with E-state index in [4.69, 9.17) is 0 Å². The molecule has 0 unspecified atom stereocenters. The minimum absolute atomic E-state index is 0.00958. The van der Waals surface area contributed by atoms with Gasteiger partial charge in [0.05, 0.1) is 0 Å². The number of hydrogen-bond donors (Lipinski definition) is 0. The van der Waals surface area contributed by atoms with Crippen molar-refractivity contribution in [2.24, 2.45) is 5.92 Å². The van der Waals surface area contributed by atoms with E-state index in [0.29, 0.717) is 27.6 Å². The van der Waals surface area contributed by atoms with Crippen molar-refractivity contribution in [1.82, 2.24) is 0 Å². The Balaban J connectivity index is 2.69. The Bertz CT molecular complexity index is 527. The molecule has 3 heteroatoms. The normalized spacial score (nSPS) is 15.5. The van der Waals surface area contributed by atoms with Crippen LogP contribution in [0.2, 0.25) is 0 Å². The summed E-state index contributed by atoms with van der Waals surface area (Å²) in [6.07, 6.45) is 0. The molecule has 0 spiro atoms. The van der Waals surface area contributed by atoms with Crippen LogP contribution in [0.15, 0.2) is 35.4 Å². The van der Waals surface area contributed by atoms with Gasteiger partial charge in [0, 0.05) is 27.6 Å². The second kappa shape index (κ2) is 4.57. The molecule has 2 rings (SSSR count). The average molecular weight is 293 g/mol. The second-order valence-corrected chi connectivity index (χ2v) is 4.95. The minimum atomic E-state index is -0.0271. The molecular formula is C14H13BrO2. The second-order valence-electron chi connectivity index (χ2n) is 4.38. The van der Waals surface area contributed by atoms with Crippen LogP contribution in [0, 0.1) is 5.92 Å². The molecule has 0 amide bonds. The summed E-state index contributed by atoms with van der Waals surface area (Å²) in [6.45, 7) is 3.88. The quantitative estimate of drug-likeness (QED) is 0.783. The summed E-state index contributed by atoms with van der Waals surface area (Å²) in [6, 6.07) is 7.02. The van der Waals surface area contributed by atoms with Crippen LogP contribution in [0.5, 0.6) is 0 Å². The maximum Gasteiger partial charge on any atom is 0.191 e. The first-order valence-corrected chi connectivity index (χ1v) is 6.67. The van der Waals surface area contributed by atoms with Crippen molar-refractivity contribution in [3.05, 3.63) is 46.5 Å². The summed E-state index contributed by atoms with van der Waals surface area (Å²) in [5.74, 6) is 0.0257. The van der Waals surface area contributed by atoms with Crippen molar-refractivity contribution in [1.29, 1.82) is 0 Å². The third-order valence-electron chi connectivity index (χ3n) is 2.97. The Kier molecular flexibility index (Phi) is 3.29. The maximum absolute atomic E-state index is 12.3. The Morgan fingerprint density at radius 1 is 1.06 bits per heavy atom. The van der Waals surface area contributed by atoms with Gasteiger partial charge in [0.2, 0.25) is 0 Å². The number of halogens is 1. The number of Topliss-reactive ketones (excluding diaryl/α,β-unsaturated/α-hetero) is 2. The zero-order valence-corrected chi connectivity index (χ0v) is 11.4. The van der Waals surface area contributed by atoms with Gasteiger partial charge in [0.1, 0.15) is 0 Å². The van der Waals surface area contributed by atoms with Crippen LogP contribution in [0.3, 0.4) is 0 Å². The van der Waals surface area contributed by atoms with Gasteiger partial charge < -0.3 is 0 Å². The van der Waals surface area contributed by atoms with E-state index in [1.165, 1.54) is 0 Å². The number of carbonyl (C=O) groups excluding carboxylic acids is 2. The Hall–Kier alpha value is -1.22. The van der Waals surface area contributed by atoms with Gasteiger partial charge in [-0.05, 0) is 5.92 Å². The Morgan fingerprint density at radius 2 is 1.59 bits per heavy atom. The Labute approximate surface area is 109 Å². The number of allylic oxidation sites excluding steroid dienone is 2. The van der Waals surface area contributed by atoms with Crippen molar-refractivity contribution in [3.8, 4) is 0 Å². The number of benzene rings is 1. The highest BCUT2D eigenvalue weighted by Gasteiger charge is 2.32. The molecule has 0 bridgehead atoms. The lowest BCUT2D eigenvalue weighted by Gasteiger charge is -2.22. The van der Waals surface area contributed by atoms with Gasteiger partial charge in [-0.1, -0.05) is 54.0 Å². The van der Waals surface area contributed by atoms with Gasteiger partial charge in [0.25, 0.3) is 0 Å². The molecule has 88 valence electrons. The standard InChI is InChI=1S/C14H13BrO2/c1-8(2)12-11(7-15)13(16)9-5-3-4-6-10(9)14(12)17/h3-6,8H,7H2,1-2H3. The third kappa shape index (κ3) is 1.89. The molecule has 1 aliphatic rings. The van der Waals surface area contributed by atoms with Crippen LogP contribution in [0.25, 0.3) is 0 Å². The van der Waals surface area contributed by atoms with Crippen LogP contribution in [0.1, 0.15) is 34.6 Å². The van der Waals surface area contributed by atoms with Crippen LogP contribution in [-0.4, -0.2) is 16.9 Å². The molecule has 1 aliphatic carbocycles. The van der Waals surface area contributed by atoms with E-state index in [9.17, 15) is 9.59 Å². The van der Waals surface area contributed by atoms with Crippen LogP contribution in [-0.2, 0) is 0 Å². The maximum atomic E-state index is 12.3. The van der Waals surface area contributed by atoms with Gasteiger partial charge in [-0.3, -0.25) is 9.59 Å². The number of fused-ring (bicyclic) bond motifs is 1. The molecule has 17 heavy (non-hydrogen) atoms. The number of rotatable bonds is 2. The van der Waals surface area contributed by atoms with Gasteiger partial charge >= 0.3 is 0 Å². The average Bonchev–Trinajstić information content (AvgIpc) is 2.33. The molecule has 0 atom stereocenters. The SMILES string of the molecule is CC(C)C1=C(CBr)C(=O)c2ccccc2C1=O.